The van der Waals surface area contributed by atoms with Gasteiger partial charge in [-0.3, -0.25) is 5.32 Å². The van der Waals surface area contributed by atoms with Crippen LogP contribution < -0.4 is 16.0 Å². The number of anilines is 2. The third-order valence-corrected chi connectivity index (χ3v) is 3.82. The molecule has 2 aromatic heterocycles. The number of nitrogens with one attached hydrogen (secondary N) is 4. The molecule has 0 spiro atoms. The lowest BCUT2D eigenvalue weighted by atomic mass is 10.1. The number of hydrogen-bond donors (Lipinski definition) is 6. The van der Waals surface area contributed by atoms with Gasteiger partial charge in [0.05, 0.1) is 17.6 Å². The molecule has 0 saturated heterocycles. The molecule has 28 heavy (non-hydrogen) atoms. The van der Waals surface area contributed by atoms with Crippen molar-refractivity contribution in [3.63, 3.8) is 0 Å². The van der Waals surface area contributed by atoms with Crippen molar-refractivity contribution in [2.45, 2.75) is 13.0 Å². The van der Waals surface area contributed by atoms with E-state index in [1.54, 1.807) is 0 Å². The molecule has 0 saturated carbocycles. The summed E-state index contributed by atoms with van der Waals surface area (Å²) in [6.07, 6.45) is 3.07. The quantitative estimate of drug-likeness (QED) is 0.351. The molecule has 0 aliphatic heterocycles. The maximum atomic E-state index is 11.6. The third-order valence-electron chi connectivity index (χ3n) is 3.82. The Morgan fingerprint density at radius 2 is 1.96 bits per heavy atom. The minimum atomic E-state index is -1.20. The fourth-order valence-electron chi connectivity index (χ4n) is 2.45. The number of imidazole rings is 1. The Kier molecular flexibility index (Phi) is 5.65. The fraction of sp³-hybridized carbons (Fsp3) is 0.235. The van der Waals surface area contributed by atoms with Crippen molar-refractivity contribution >= 4 is 34.9 Å². The number of amides is 2. The van der Waals surface area contributed by atoms with E-state index in [1.165, 1.54) is 12.4 Å². The standard InChI is InChI=1S/C17H19N7O4/c1-2-18-17(28)24-16-21-11-4-3-9(5-12(11)22-16)10-6-19-15(20-7-10)23-13(8-25)14(26)27/h3-7,13,25H,2,8H2,1H3,(H,26,27)(H,19,20,23)(H3,18,21,22,24,28)/t13-/m0/s1. The Bertz CT molecular complexity index is 987. The maximum absolute atomic E-state index is 11.6. The van der Waals surface area contributed by atoms with Gasteiger partial charge >= 0.3 is 12.0 Å². The van der Waals surface area contributed by atoms with E-state index < -0.39 is 18.6 Å². The van der Waals surface area contributed by atoms with Crippen molar-refractivity contribution < 1.29 is 19.8 Å². The first kappa shape index (κ1) is 19.0. The minimum absolute atomic E-state index is 0.0967. The van der Waals surface area contributed by atoms with Crippen LogP contribution >= 0.6 is 0 Å². The number of aliphatic hydroxyl groups is 1. The Morgan fingerprint density at radius 1 is 1.21 bits per heavy atom. The highest BCUT2D eigenvalue weighted by Crippen LogP contribution is 2.23. The number of carboxylic acid groups (broad SMARTS) is 1. The van der Waals surface area contributed by atoms with Crippen LogP contribution in [0.4, 0.5) is 16.7 Å². The van der Waals surface area contributed by atoms with Crippen LogP contribution in [0.3, 0.4) is 0 Å². The molecule has 6 N–H and O–H groups in total. The second-order valence-electron chi connectivity index (χ2n) is 5.81. The summed E-state index contributed by atoms with van der Waals surface area (Å²) in [7, 11) is 0. The molecule has 3 aromatic rings. The summed E-state index contributed by atoms with van der Waals surface area (Å²) in [4.78, 5) is 38.0. The minimum Gasteiger partial charge on any atom is -0.480 e. The van der Waals surface area contributed by atoms with E-state index in [0.717, 1.165) is 11.1 Å². The van der Waals surface area contributed by atoms with Crippen LogP contribution in [0.1, 0.15) is 6.92 Å². The predicted octanol–water partition coefficient (Wildman–Crippen LogP) is 1.02. The van der Waals surface area contributed by atoms with Gasteiger partial charge in [0.25, 0.3) is 0 Å². The largest absolute Gasteiger partial charge is 0.480 e. The SMILES string of the molecule is CCNC(=O)Nc1nc2cc(-c3cnc(N[C@@H](CO)C(=O)O)nc3)ccc2[nH]1. The molecule has 0 aliphatic rings. The van der Waals surface area contributed by atoms with Gasteiger partial charge < -0.3 is 25.8 Å². The highest BCUT2D eigenvalue weighted by Gasteiger charge is 2.17. The van der Waals surface area contributed by atoms with E-state index in [2.05, 4.69) is 35.9 Å². The zero-order valence-corrected chi connectivity index (χ0v) is 14.9. The van der Waals surface area contributed by atoms with Gasteiger partial charge in [0.1, 0.15) is 0 Å². The van der Waals surface area contributed by atoms with Gasteiger partial charge in [-0.05, 0) is 24.6 Å². The lowest BCUT2D eigenvalue weighted by Crippen LogP contribution is -2.33. The zero-order chi connectivity index (χ0) is 20.1. The molecule has 146 valence electrons. The molecule has 0 unspecified atom stereocenters. The zero-order valence-electron chi connectivity index (χ0n) is 14.9. The molecular formula is C17H19N7O4. The third kappa shape index (κ3) is 4.32. The summed E-state index contributed by atoms with van der Waals surface area (Å²) in [6.45, 7) is 1.74. The first-order chi connectivity index (χ1) is 13.5. The topological polar surface area (TPSA) is 165 Å². The number of aliphatic carboxylic acids is 1. The van der Waals surface area contributed by atoms with Crippen LogP contribution in [-0.2, 0) is 4.79 Å². The summed E-state index contributed by atoms with van der Waals surface area (Å²) < 4.78 is 0. The van der Waals surface area contributed by atoms with E-state index >= 15 is 0 Å². The van der Waals surface area contributed by atoms with E-state index in [9.17, 15) is 9.59 Å². The highest BCUT2D eigenvalue weighted by molar-refractivity contribution is 5.90. The van der Waals surface area contributed by atoms with Gasteiger partial charge in [-0.2, -0.15) is 0 Å². The molecule has 11 nitrogen and oxygen atoms in total. The second-order valence-corrected chi connectivity index (χ2v) is 5.81. The predicted molar refractivity (Wildman–Crippen MR) is 102 cm³/mol. The van der Waals surface area contributed by atoms with Crippen LogP contribution in [0.25, 0.3) is 22.2 Å². The number of H-pyrrole nitrogens is 1. The van der Waals surface area contributed by atoms with Crippen molar-refractivity contribution in [3.05, 3.63) is 30.6 Å². The van der Waals surface area contributed by atoms with E-state index in [0.29, 0.717) is 23.6 Å². The summed E-state index contributed by atoms with van der Waals surface area (Å²) in [5.74, 6) is -0.770. The van der Waals surface area contributed by atoms with Crippen molar-refractivity contribution in [2.75, 3.05) is 23.8 Å². The fourth-order valence-corrected chi connectivity index (χ4v) is 2.45. The second kappa shape index (κ2) is 8.31. The summed E-state index contributed by atoms with van der Waals surface area (Å²) in [5, 5.41) is 25.7. The van der Waals surface area contributed by atoms with Crippen molar-refractivity contribution in [2.24, 2.45) is 0 Å². The Hall–Kier alpha value is -3.73. The summed E-state index contributed by atoms with van der Waals surface area (Å²) in [6, 6.07) is 3.95. The molecule has 0 fully saturated rings. The van der Waals surface area contributed by atoms with Gasteiger partial charge in [0, 0.05) is 24.5 Å². The van der Waals surface area contributed by atoms with Gasteiger partial charge in [-0.15, -0.1) is 0 Å². The van der Waals surface area contributed by atoms with Crippen LogP contribution in [-0.4, -0.2) is 61.3 Å². The number of carboxylic acids is 1. The van der Waals surface area contributed by atoms with Gasteiger partial charge in [0.15, 0.2) is 6.04 Å². The Labute approximate surface area is 159 Å². The summed E-state index contributed by atoms with van der Waals surface area (Å²) >= 11 is 0. The molecule has 2 heterocycles. The van der Waals surface area contributed by atoms with E-state index in [1.807, 2.05) is 25.1 Å². The molecule has 3 rings (SSSR count). The molecule has 0 bridgehead atoms. The number of hydrogen-bond acceptors (Lipinski definition) is 7. The average molecular weight is 385 g/mol. The number of nitrogens with zero attached hydrogens (tertiary/aromatic N) is 3. The van der Waals surface area contributed by atoms with Crippen molar-refractivity contribution in [3.8, 4) is 11.1 Å². The summed E-state index contributed by atoms with van der Waals surface area (Å²) in [5.41, 5.74) is 2.90. The molecule has 2 amide bonds. The number of aromatic amines is 1. The molecular weight excluding hydrogens is 366 g/mol. The van der Waals surface area contributed by atoms with Gasteiger partial charge in [0.2, 0.25) is 11.9 Å². The first-order valence-corrected chi connectivity index (χ1v) is 8.47. The van der Waals surface area contributed by atoms with Crippen LogP contribution in [0, 0.1) is 0 Å². The number of rotatable bonds is 7. The molecule has 11 heteroatoms. The Balaban J connectivity index is 1.77. The maximum Gasteiger partial charge on any atom is 0.328 e. The number of urea groups is 1. The van der Waals surface area contributed by atoms with Crippen molar-refractivity contribution in [1.29, 1.82) is 0 Å². The van der Waals surface area contributed by atoms with Gasteiger partial charge in [-0.1, -0.05) is 6.07 Å². The highest BCUT2D eigenvalue weighted by atomic mass is 16.4. The van der Waals surface area contributed by atoms with Crippen molar-refractivity contribution in [1.82, 2.24) is 25.3 Å². The van der Waals surface area contributed by atoms with Crippen LogP contribution in [0.5, 0.6) is 0 Å². The average Bonchev–Trinajstić information content (AvgIpc) is 3.07. The molecule has 1 atom stereocenters. The lowest BCUT2D eigenvalue weighted by molar-refractivity contribution is -0.138. The van der Waals surface area contributed by atoms with E-state index in [-0.39, 0.29) is 12.0 Å². The number of benzene rings is 1. The van der Waals surface area contributed by atoms with Crippen LogP contribution in [0.15, 0.2) is 30.6 Å². The lowest BCUT2D eigenvalue weighted by Gasteiger charge is -2.11. The number of carbonyl (C=O) groups is 2. The van der Waals surface area contributed by atoms with Gasteiger partial charge in [-0.25, -0.2) is 24.5 Å². The number of carbonyl (C=O) groups excluding carboxylic acids is 1. The van der Waals surface area contributed by atoms with E-state index in [4.69, 9.17) is 10.2 Å². The first-order valence-electron chi connectivity index (χ1n) is 8.47. The normalized spacial score (nSPS) is 11.8. The Morgan fingerprint density at radius 3 is 2.61 bits per heavy atom. The molecule has 1 aromatic carbocycles. The molecule has 0 radical (unpaired) electrons. The number of aliphatic hydroxyl groups excluding tert-OH is 1. The smallest absolute Gasteiger partial charge is 0.328 e. The number of fused-ring (bicyclic) bond motifs is 1. The van der Waals surface area contributed by atoms with Crippen LogP contribution in [0.2, 0.25) is 0 Å². The monoisotopic (exact) mass is 385 g/mol. The number of aromatic nitrogens is 4. The molecule has 0 aliphatic carbocycles.